The summed E-state index contributed by atoms with van der Waals surface area (Å²) in [5, 5.41) is 3.34. The van der Waals surface area contributed by atoms with Crippen LogP contribution in [0.3, 0.4) is 0 Å². The highest BCUT2D eigenvalue weighted by atomic mass is 16.2. The maximum atomic E-state index is 12.0. The molecule has 1 aliphatic heterocycles. The number of carbonyl (C=O) groups is 1. The van der Waals surface area contributed by atoms with Crippen molar-refractivity contribution >= 4 is 5.91 Å². The summed E-state index contributed by atoms with van der Waals surface area (Å²) < 4.78 is 0. The summed E-state index contributed by atoms with van der Waals surface area (Å²) in [5.41, 5.74) is 0. The van der Waals surface area contributed by atoms with Gasteiger partial charge in [-0.2, -0.15) is 0 Å². The lowest BCUT2D eigenvalue weighted by molar-refractivity contribution is -0.132. The normalized spacial score (nSPS) is 36.1. The Kier molecular flexibility index (Phi) is 3.53. The molecule has 0 radical (unpaired) electrons. The third-order valence-electron chi connectivity index (χ3n) is 3.98. The predicted molar refractivity (Wildman–Crippen MR) is 64.9 cm³/mol. The summed E-state index contributed by atoms with van der Waals surface area (Å²) >= 11 is 0. The monoisotopic (exact) mass is 224 g/mol. The molecule has 2 aliphatic rings. The average molecular weight is 224 g/mol. The first-order valence-corrected chi connectivity index (χ1v) is 6.64. The van der Waals surface area contributed by atoms with Crippen LogP contribution in [-0.4, -0.2) is 29.6 Å². The lowest BCUT2D eigenvalue weighted by Gasteiger charge is -2.38. The Labute approximate surface area is 98.6 Å². The van der Waals surface area contributed by atoms with Crippen LogP contribution in [0.15, 0.2) is 0 Å². The van der Waals surface area contributed by atoms with E-state index in [0.717, 1.165) is 5.92 Å². The van der Waals surface area contributed by atoms with Crippen LogP contribution < -0.4 is 5.32 Å². The molecule has 1 amide bonds. The van der Waals surface area contributed by atoms with E-state index < -0.39 is 0 Å². The zero-order valence-corrected chi connectivity index (χ0v) is 10.7. The molecule has 0 aromatic rings. The van der Waals surface area contributed by atoms with E-state index in [1.165, 1.54) is 25.7 Å². The van der Waals surface area contributed by atoms with E-state index in [1.54, 1.807) is 0 Å². The third-order valence-corrected chi connectivity index (χ3v) is 3.98. The van der Waals surface area contributed by atoms with Crippen molar-refractivity contribution in [3.05, 3.63) is 0 Å². The van der Waals surface area contributed by atoms with Crippen molar-refractivity contribution in [2.24, 2.45) is 11.8 Å². The van der Waals surface area contributed by atoms with Gasteiger partial charge in [-0.1, -0.05) is 33.6 Å². The topological polar surface area (TPSA) is 32.3 Å². The Morgan fingerprint density at radius 3 is 2.75 bits per heavy atom. The summed E-state index contributed by atoms with van der Waals surface area (Å²) in [6.07, 6.45) is 5.26. The molecule has 3 unspecified atom stereocenters. The number of hydrogen-bond acceptors (Lipinski definition) is 2. The van der Waals surface area contributed by atoms with Crippen molar-refractivity contribution in [2.45, 2.75) is 58.7 Å². The zero-order valence-electron chi connectivity index (χ0n) is 10.7. The van der Waals surface area contributed by atoms with Gasteiger partial charge in [0.2, 0.25) is 5.91 Å². The smallest absolute Gasteiger partial charge is 0.238 e. The molecule has 1 saturated heterocycles. The number of carbonyl (C=O) groups excluding carboxylic acids is 1. The number of rotatable bonds is 2. The Morgan fingerprint density at radius 1 is 1.38 bits per heavy atom. The van der Waals surface area contributed by atoms with Gasteiger partial charge in [0.15, 0.2) is 0 Å². The van der Waals surface area contributed by atoms with Gasteiger partial charge in [-0.3, -0.25) is 10.1 Å². The maximum absolute atomic E-state index is 12.0. The van der Waals surface area contributed by atoms with Crippen molar-refractivity contribution in [1.82, 2.24) is 10.2 Å². The van der Waals surface area contributed by atoms with Crippen LogP contribution >= 0.6 is 0 Å². The van der Waals surface area contributed by atoms with Gasteiger partial charge < -0.3 is 4.90 Å². The Bertz CT molecular complexity index is 265. The fraction of sp³-hybridized carbons (Fsp3) is 0.923. The van der Waals surface area contributed by atoms with Gasteiger partial charge in [0, 0.05) is 6.04 Å². The molecule has 0 aromatic carbocycles. The number of hydrogen-bond donors (Lipinski definition) is 1. The molecule has 0 aromatic heterocycles. The van der Waals surface area contributed by atoms with Gasteiger partial charge in [-0.25, -0.2) is 0 Å². The van der Waals surface area contributed by atoms with Crippen LogP contribution in [0.25, 0.3) is 0 Å². The van der Waals surface area contributed by atoms with Crippen LogP contribution in [0.4, 0.5) is 0 Å². The number of nitrogens with one attached hydrogen (secondary N) is 1. The molecule has 3 heteroatoms. The zero-order chi connectivity index (χ0) is 11.7. The molecular formula is C13H24N2O. The summed E-state index contributed by atoms with van der Waals surface area (Å²) in [6, 6.07) is 0.485. The van der Waals surface area contributed by atoms with Crippen LogP contribution in [0, 0.1) is 11.8 Å². The van der Waals surface area contributed by atoms with Crippen molar-refractivity contribution in [1.29, 1.82) is 0 Å². The van der Waals surface area contributed by atoms with Gasteiger partial charge in [-0.05, 0) is 24.7 Å². The van der Waals surface area contributed by atoms with Crippen LogP contribution in [0.2, 0.25) is 0 Å². The van der Waals surface area contributed by atoms with E-state index in [4.69, 9.17) is 0 Å². The lowest BCUT2D eigenvalue weighted by atomic mass is 9.85. The van der Waals surface area contributed by atoms with Gasteiger partial charge in [-0.15, -0.1) is 0 Å². The van der Waals surface area contributed by atoms with Crippen molar-refractivity contribution < 1.29 is 4.79 Å². The molecule has 3 nitrogen and oxygen atoms in total. The van der Waals surface area contributed by atoms with Crippen molar-refractivity contribution in [3.8, 4) is 0 Å². The summed E-state index contributed by atoms with van der Waals surface area (Å²) in [5.74, 6) is 1.58. The second-order valence-corrected chi connectivity index (χ2v) is 5.80. The Hall–Kier alpha value is -0.570. The fourth-order valence-corrected chi connectivity index (χ4v) is 3.18. The average Bonchev–Trinajstić information content (AvgIpc) is 2.60. The van der Waals surface area contributed by atoms with E-state index in [2.05, 4.69) is 31.0 Å². The Morgan fingerprint density at radius 2 is 2.12 bits per heavy atom. The minimum Gasteiger partial charge on any atom is -0.323 e. The first kappa shape index (κ1) is 11.9. The minimum absolute atomic E-state index is 0.266. The second kappa shape index (κ2) is 4.74. The van der Waals surface area contributed by atoms with Crippen LogP contribution in [-0.2, 0) is 4.79 Å². The van der Waals surface area contributed by atoms with Gasteiger partial charge in [0.05, 0.1) is 12.7 Å². The van der Waals surface area contributed by atoms with Gasteiger partial charge >= 0.3 is 0 Å². The first-order valence-electron chi connectivity index (χ1n) is 6.64. The highest BCUT2D eigenvalue weighted by molar-refractivity contribution is 5.81. The fourth-order valence-electron chi connectivity index (χ4n) is 3.18. The molecule has 92 valence electrons. The van der Waals surface area contributed by atoms with Crippen molar-refractivity contribution in [3.63, 3.8) is 0 Å². The number of amides is 1. The third kappa shape index (κ3) is 2.24. The highest BCUT2D eigenvalue weighted by Crippen LogP contribution is 2.30. The van der Waals surface area contributed by atoms with Crippen LogP contribution in [0.5, 0.6) is 0 Å². The summed E-state index contributed by atoms with van der Waals surface area (Å²) in [7, 11) is 0. The molecular weight excluding hydrogens is 200 g/mol. The van der Waals surface area contributed by atoms with E-state index in [9.17, 15) is 4.79 Å². The Balaban J connectivity index is 2.07. The number of nitrogens with zero attached hydrogens (tertiary/aromatic N) is 1. The molecule has 1 N–H and O–H groups in total. The molecule has 1 saturated carbocycles. The second-order valence-electron chi connectivity index (χ2n) is 5.80. The maximum Gasteiger partial charge on any atom is 0.238 e. The van der Waals surface area contributed by atoms with E-state index in [0.29, 0.717) is 24.4 Å². The molecule has 3 atom stereocenters. The molecule has 2 fully saturated rings. The first-order chi connectivity index (χ1) is 7.59. The van der Waals surface area contributed by atoms with E-state index in [-0.39, 0.29) is 6.17 Å². The SMILES string of the molecule is CC1CCCC(N2C(=O)CNC2C(C)C)C1. The quantitative estimate of drug-likeness (QED) is 0.778. The standard InChI is InChI=1S/C13H24N2O/c1-9(2)13-14-8-12(16)15(13)11-6-4-5-10(3)7-11/h9-11,13-14H,4-8H2,1-3H3. The van der Waals surface area contributed by atoms with E-state index in [1.807, 2.05) is 0 Å². The van der Waals surface area contributed by atoms with Gasteiger partial charge in [0.25, 0.3) is 0 Å². The largest absolute Gasteiger partial charge is 0.323 e. The highest BCUT2D eigenvalue weighted by Gasteiger charge is 2.38. The summed E-state index contributed by atoms with van der Waals surface area (Å²) in [6.45, 7) is 7.23. The lowest BCUT2D eigenvalue weighted by Crippen LogP contribution is -2.48. The molecule has 16 heavy (non-hydrogen) atoms. The predicted octanol–water partition coefficient (Wildman–Crippen LogP) is 1.98. The molecule has 1 aliphatic carbocycles. The van der Waals surface area contributed by atoms with Gasteiger partial charge in [0.1, 0.15) is 0 Å². The van der Waals surface area contributed by atoms with E-state index >= 15 is 0 Å². The molecule has 0 spiro atoms. The molecule has 2 rings (SSSR count). The summed E-state index contributed by atoms with van der Waals surface area (Å²) in [4.78, 5) is 14.1. The van der Waals surface area contributed by atoms with Crippen LogP contribution in [0.1, 0.15) is 46.5 Å². The molecule has 0 bridgehead atoms. The van der Waals surface area contributed by atoms with Crippen molar-refractivity contribution in [2.75, 3.05) is 6.54 Å². The minimum atomic E-state index is 0.266. The molecule has 1 heterocycles.